The third-order valence-corrected chi connectivity index (χ3v) is 1.72. The minimum atomic E-state index is -7.16. The number of hydrogen-bond donors (Lipinski definition) is 0. The van der Waals surface area contributed by atoms with E-state index in [1.807, 2.05) is 0 Å². The summed E-state index contributed by atoms with van der Waals surface area (Å²) in [5.74, 6) is -6.49. The molecule has 12 heteroatoms. The van der Waals surface area contributed by atoms with Gasteiger partial charge in [-0.05, 0) is 6.08 Å². The molecule has 0 saturated heterocycles. The van der Waals surface area contributed by atoms with Crippen LogP contribution >= 0.6 is 0 Å². The third-order valence-electron chi connectivity index (χ3n) is 1.72. The molecule has 0 unspecified atom stereocenters. The van der Waals surface area contributed by atoms with E-state index in [-0.39, 0.29) is 0 Å². The van der Waals surface area contributed by atoms with Crippen LogP contribution in [0.4, 0.5) is 52.7 Å². The van der Waals surface area contributed by atoms with Gasteiger partial charge in [-0.1, -0.05) is 0 Å². The van der Waals surface area contributed by atoms with Gasteiger partial charge in [0.2, 0.25) is 0 Å². The van der Waals surface area contributed by atoms with Gasteiger partial charge in [0.1, 0.15) is 0 Å². The van der Waals surface area contributed by atoms with Crippen LogP contribution in [0.3, 0.4) is 0 Å². The molecule has 0 N–H and O–H groups in total. The first-order valence-electron chi connectivity index (χ1n) is 3.93. The smallest absolute Gasteiger partial charge is 0.216 e. The van der Waals surface area contributed by atoms with Crippen LogP contribution in [-0.2, 0) is 0 Å². The van der Waals surface area contributed by atoms with Crippen molar-refractivity contribution in [2.24, 2.45) is 0 Å². The molecule has 0 atom stereocenters. The second-order valence-corrected chi connectivity index (χ2v) is 3.15. The molecule has 0 nitrogen and oxygen atoms in total. The maximum atomic E-state index is 12.7. The van der Waals surface area contributed by atoms with Crippen LogP contribution in [-0.4, -0.2) is 30.1 Å². The van der Waals surface area contributed by atoms with Crippen molar-refractivity contribution in [1.82, 2.24) is 0 Å². The maximum absolute atomic E-state index is 12.7. The zero-order chi connectivity index (χ0) is 15.9. The van der Waals surface area contributed by atoms with E-state index >= 15 is 0 Å². The minimum absolute atomic E-state index is 1.61. The van der Waals surface area contributed by atoms with Crippen molar-refractivity contribution in [2.45, 2.75) is 30.1 Å². The van der Waals surface area contributed by atoms with Crippen LogP contribution in [0.2, 0.25) is 0 Å². The van der Waals surface area contributed by atoms with Crippen molar-refractivity contribution in [3.05, 3.63) is 12.2 Å². The summed E-state index contributed by atoms with van der Waals surface area (Å²) in [6.07, 6.45) is -23.4. The van der Waals surface area contributed by atoms with Crippen molar-refractivity contribution < 1.29 is 52.7 Å². The molecular formula is C7H2F12. The van der Waals surface area contributed by atoms with E-state index in [0.29, 0.717) is 0 Å². The Kier molecular flexibility index (Phi) is 4.22. The molecule has 0 aliphatic heterocycles. The summed E-state index contributed by atoms with van der Waals surface area (Å²) >= 11 is 0. The quantitative estimate of drug-likeness (QED) is 0.517. The van der Waals surface area contributed by atoms with Gasteiger partial charge in [0, 0.05) is 6.08 Å². The molecule has 19 heavy (non-hydrogen) atoms. The van der Waals surface area contributed by atoms with Crippen LogP contribution in [0.15, 0.2) is 12.2 Å². The standard InChI is InChI=1S/C7H2F12/c8-3(9,1-2-4(10,11)12)5(13,6(14,15)16)7(17,18)19/h1-2H. The lowest BCUT2D eigenvalue weighted by Crippen LogP contribution is -2.63. The van der Waals surface area contributed by atoms with E-state index in [0.717, 1.165) is 0 Å². The molecule has 0 heterocycles. The SMILES string of the molecule is FC(F)(F)C=CC(F)(F)C(F)(C(F)(F)F)C(F)(F)F. The molecular weight excluding hydrogens is 312 g/mol. The largest absolute Gasteiger partial charge is 0.438 e. The molecule has 0 radical (unpaired) electrons. The van der Waals surface area contributed by atoms with E-state index in [9.17, 15) is 52.7 Å². The fourth-order valence-electron chi connectivity index (χ4n) is 0.853. The highest BCUT2D eigenvalue weighted by Gasteiger charge is 2.83. The van der Waals surface area contributed by atoms with E-state index < -0.39 is 42.3 Å². The van der Waals surface area contributed by atoms with Gasteiger partial charge in [-0.25, -0.2) is 4.39 Å². The average molecular weight is 314 g/mol. The summed E-state index contributed by atoms with van der Waals surface area (Å²) in [5, 5.41) is 0. The Bertz CT molecular complexity index is 325. The predicted molar refractivity (Wildman–Crippen MR) is 36.1 cm³/mol. The van der Waals surface area contributed by atoms with Crippen LogP contribution in [0.1, 0.15) is 0 Å². The van der Waals surface area contributed by atoms with E-state index in [2.05, 4.69) is 0 Å². The molecule has 0 aliphatic rings. The fourth-order valence-corrected chi connectivity index (χ4v) is 0.853. The number of halogens is 12. The van der Waals surface area contributed by atoms with Gasteiger partial charge in [0.05, 0.1) is 0 Å². The molecule has 0 bridgehead atoms. The van der Waals surface area contributed by atoms with Gasteiger partial charge in [-0.2, -0.15) is 48.3 Å². The molecule has 0 amide bonds. The van der Waals surface area contributed by atoms with Gasteiger partial charge in [0.15, 0.2) is 0 Å². The maximum Gasteiger partial charge on any atom is 0.438 e. The number of hydrogen-bond acceptors (Lipinski definition) is 0. The normalized spacial score (nSPS) is 16.2. The Morgan fingerprint density at radius 2 is 0.789 bits per heavy atom. The van der Waals surface area contributed by atoms with Crippen molar-refractivity contribution in [3.8, 4) is 0 Å². The van der Waals surface area contributed by atoms with Crippen LogP contribution in [0.25, 0.3) is 0 Å². The zero-order valence-corrected chi connectivity index (χ0v) is 8.19. The summed E-state index contributed by atoms with van der Waals surface area (Å²) < 4.78 is 143. The van der Waals surface area contributed by atoms with Gasteiger partial charge < -0.3 is 0 Å². The molecule has 0 saturated carbocycles. The topological polar surface area (TPSA) is 0 Å². The van der Waals surface area contributed by atoms with E-state index in [1.165, 1.54) is 0 Å². The van der Waals surface area contributed by atoms with Crippen LogP contribution in [0.5, 0.6) is 0 Å². The third kappa shape index (κ3) is 3.47. The molecule has 114 valence electrons. The lowest BCUT2D eigenvalue weighted by molar-refractivity contribution is -0.387. The van der Waals surface area contributed by atoms with Gasteiger partial charge in [0.25, 0.3) is 0 Å². The number of allylic oxidation sites excluding steroid dienone is 2. The minimum Gasteiger partial charge on any atom is -0.216 e. The highest BCUT2D eigenvalue weighted by Crippen LogP contribution is 2.55. The van der Waals surface area contributed by atoms with Gasteiger partial charge in [-0.15, -0.1) is 0 Å². The lowest BCUT2D eigenvalue weighted by Gasteiger charge is -2.34. The summed E-state index contributed by atoms with van der Waals surface area (Å²) in [6.45, 7) is 0. The fraction of sp³-hybridized carbons (Fsp3) is 0.714. The summed E-state index contributed by atoms with van der Waals surface area (Å²) in [6, 6.07) is 0. The molecule has 0 aromatic rings. The highest BCUT2D eigenvalue weighted by molar-refractivity contribution is 5.15. The number of rotatable bonds is 2. The summed E-state index contributed by atoms with van der Waals surface area (Å²) in [4.78, 5) is 0. The van der Waals surface area contributed by atoms with Crippen molar-refractivity contribution in [1.29, 1.82) is 0 Å². The summed E-state index contributed by atoms with van der Waals surface area (Å²) in [7, 11) is 0. The van der Waals surface area contributed by atoms with E-state index in [1.54, 1.807) is 0 Å². The number of alkyl halides is 12. The molecule has 0 aromatic carbocycles. The first-order valence-corrected chi connectivity index (χ1v) is 3.93. The Labute approximate surface area is 96.2 Å². The lowest BCUT2D eigenvalue weighted by atomic mass is 9.95. The first-order chi connectivity index (χ1) is 7.96. The van der Waals surface area contributed by atoms with Crippen molar-refractivity contribution in [3.63, 3.8) is 0 Å². The van der Waals surface area contributed by atoms with Crippen molar-refractivity contribution >= 4 is 0 Å². The predicted octanol–water partition coefficient (Wildman–Crippen LogP) is 4.57. The van der Waals surface area contributed by atoms with Gasteiger partial charge in [-0.3, -0.25) is 0 Å². The molecule has 0 aromatic heterocycles. The van der Waals surface area contributed by atoms with E-state index in [4.69, 9.17) is 0 Å². The second kappa shape index (κ2) is 4.47. The molecule has 0 aliphatic carbocycles. The second-order valence-electron chi connectivity index (χ2n) is 3.15. The Morgan fingerprint density at radius 3 is 1.00 bits per heavy atom. The monoisotopic (exact) mass is 314 g/mol. The van der Waals surface area contributed by atoms with Crippen LogP contribution in [0, 0.1) is 0 Å². The zero-order valence-electron chi connectivity index (χ0n) is 8.19. The Hall–Kier alpha value is -1.10. The van der Waals surface area contributed by atoms with Crippen LogP contribution < -0.4 is 0 Å². The summed E-state index contributed by atoms with van der Waals surface area (Å²) in [5.41, 5.74) is -7.13. The molecule has 0 rings (SSSR count). The van der Waals surface area contributed by atoms with Crippen molar-refractivity contribution in [2.75, 3.05) is 0 Å². The Balaban J connectivity index is 5.85. The highest BCUT2D eigenvalue weighted by atomic mass is 19.4. The molecule has 0 spiro atoms. The molecule has 0 fully saturated rings. The van der Waals surface area contributed by atoms with Gasteiger partial charge >= 0.3 is 30.1 Å². The average Bonchev–Trinajstić information content (AvgIpc) is 2.08. The first kappa shape index (κ1) is 17.9. The Morgan fingerprint density at radius 1 is 0.474 bits per heavy atom.